The number of nitrogens with zero attached hydrogens (tertiary/aromatic N) is 2. The van der Waals surface area contributed by atoms with Gasteiger partial charge in [0, 0.05) is 19.2 Å². The number of hydrogen-bond donors (Lipinski definition) is 2. The van der Waals surface area contributed by atoms with Crippen molar-refractivity contribution in [3.05, 3.63) is 63.8 Å². The maximum absolute atomic E-state index is 10.5. The van der Waals surface area contributed by atoms with Gasteiger partial charge in [-0.1, -0.05) is 24.3 Å². The predicted octanol–water partition coefficient (Wildman–Crippen LogP) is 2.06. The molecule has 3 N–H and O–H groups in total. The number of rotatable bonds is 5. The van der Waals surface area contributed by atoms with E-state index in [-0.39, 0.29) is 5.69 Å². The molecule has 0 bridgehead atoms. The number of aromatic nitrogens is 1. The molecule has 0 atom stereocenters. The van der Waals surface area contributed by atoms with Crippen LogP contribution < -0.4 is 11.1 Å². The van der Waals surface area contributed by atoms with Crippen LogP contribution in [0.5, 0.6) is 0 Å². The summed E-state index contributed by atoms with van der Waals surface area (Å²) in [4.78, 5) is 14.0. The molecule has 2 rings (SSSR count). The molecule has 0 spiro atoms. The van der Waals surface area contributed by atoms with Gasteiger partial charge in [-0.05, 0) is 17.2 Å². The Morgan fingerprint density at radius 2 is 1.95 bits per heavy atom. The van der Waals surface area contributed by atoms with Gasteiger partial charge in [0.05, 0.1) is 4.92 Å². The highest BCUT2D eigenvalue weighted by atomic mass is 16.6. The van der Waals surface area contributed by atoms with Gasteiger partial charge >= 0.3 is 0 Å². The molecule has 0 unspecified atom stereocenters. The first-order chi connectivity index (χ1) is 9.20. The first-order valence-corrected chi connectivity index (χ1v) is 5.82. The Kier molecular flexibility index (Phi) is 4.04. The number of hydrogen-bond acceptors (Lipinski definition) is 5. The molecule has 1 aromatic carbocycles. The lowest BCUT2D eigenvalue weighted by Gasteiger charge is -2.09. The minimum Gasteiger partial charge on any atom is -0.366 e. The van der Waals surface area contributed by atoms with Crippen molar-refractivity contribution in [2.75, 3.05) is 5.32 Å². The molecule has 0 saturated carbocycles. The van der Waals surface area contributed by atoms with Crippen LogP contribution >= 0.6 is 0 Å². The molecular formula is C13H14N4O2. The number of anilines is 1. The molecule has 1 heterocycles. The standard InChI is InChI=1S/C13H14N4O2/c14-7-10-3-1-2-4-11(10)8-15-13-6-5-12(9-16-13)17(18)19/h1-6,9H,7-8,14H2,(H,15,16). The monoisotopic (exact) mass is 258 g/mol. The van der Waals surface area contributed by atoms with Crippen LogP contribution in [0.3, 0.4) is 0 Å². The molecule has 0 radical (unpaired) electrons. The maximum atomic E-state index is 10.5. The van der Waals surface area contributed by atoms with Crippen LogP contribution in [0.15, 0.2) is 42.6 Å². The highest BCUT2D eigenvalue weighted by molar-refractivity contribution is 5.41. The third kappa shape index (κ3) is 3.26. The lowest BCUT2D eigenvalue weighted by Crippen LogP contribution is -2.07. The molecule has 0 aliphatic rings. The van der Waals surface area contributed by atoms with Gasteiger partial charge in [-0.3, -0.25) is 10.1 Å². The van der Waals surface area contributed by atoms with Gasteiger partial charge in [0.15, 0.2) is 0 Å². The highest BCUT2D eigenvalue weighted by Gasteiger charge is 2.05. The van der Waals surface area contributed by atoms with E-state index < -0.39 is 4.92 Å². The van der Waals surface area contributed by atoms with E-state index in [4.69, 9.17) is 5.73 Å². The largest absolute Gasteiger partial charge is 0.366 e. The maximum Gasteiger partial charge on any atom is 0.287 e. The second-order valence-corrected chi connectivity index (χ2v) is 3.99. The van der Waals surface area contributed by atoms with Crippen LogP contribution in [0, 0.1) is 10.1 Å². The molecular weight excluding hydrogens is 244 g/mol. The molecule has 98 valence electrons. The molecule has 0 amide bonds. The summed E-state index contributed by atoms with van der Waals surface area (Å²) in [5.41, 5.74) is 7.79. The number of nitro groups is 1. The fourth-order valence-electron chi connectivity index (χ4n) is 1.71. The van der Waals surface area contributed by atoms with Crippen molar-refractivity contribution < 1.29 is 4.92 Å². The van der Waals surface area contributed by atoms with Crippen molar-refractivity contribution >= 4 is 11.5 Å². The van der Waals surface area contributed by atoms with Gasteiger partial charge in [0.1, 0.15) is 12.0 Å². The zero-order chi connectivity index (χ0) is 13.7. The van der Waals surface area contributed by atoms with Crippen molar-refractivity contribution in [3.63, 3.8) is 0 Å². The van der Waals surface area contributed by atoms with Crippen LogP contribution in [0.1, 0.15) is 11.1 Å². The van der Waals surface area contributed by atoms with Gasteiger partial charge in [-0.25, -0.2) is 4.98 Å². The second kappa shape index (κ2) is 5.92. The summed E-state index contributed by atoms with van der Waals surface area (Å²) in [7, 11) is 0. The number of nitrogens with one attached hydrogen (secondary N) is 1. The van der Waals surface area contributed by atoms with Crippen molar-refractivity contribution in [1.29, 1.82) is 0 Å². The summed E-state index contributed by atoms with van der Waals surface area (Å²) >= 11 is 0. The molecule has 0 fully saturated rings. The third-order valence-corrected chi connectivity index (χ3v) is 2.76. The molecule has 0 saturated heterocycles. The molecule has 0 aliphatic carbocycles. The Hall–Kier alpha value is -2.47. The first-order valence-electron chi connectivity index (χ1n) is 5.82. The van der Waals surface area contributed by atoms with Gasteiger partial charge in [-0.2, -0.15) is 0 Å². The van der Waals surface area contributed by atoms with Crippen LogP contribution in [-0.4, -0.2) is 9.91 Å². The summed E-state index contributed by atoms with van der Waals surface area (Å²) in [6.07, 6.45) is 1.23. The number of benzene rings is 1. The highest BCUT2D eigenvalue weighted by Crippen LogP contribution is 2.14. The van der Waals surface area contributed by atoms with Gasteiger partial charge in [0.2, 0.25) is 0 Å². The molecule has 2 aromatic rings. The Balaban J connectivity index is 2.04. The van der Waals surface area contributed by atoms with Gasteiger partial charge < -0.3 is 11.1 Å². The Morgan fingerprint density at radius 1 is 1.21 bits per heavy atom. The van der Waals surface area contributed by atoms with Crippen molar-refractivity contribution in [1.82, 2.24) is 4.98 Å². The van der Waals surface area contributed by atoms with E-state index in [0.717, 1.165) is 11.1 Å². The molecule has 19 heavy (non-hydrogen) atoms. The van der Waals surface area contributed by atoms with Crippen LogP contribution in [-0.2, 0) is 13.1 Å². The summed E-state index contributed by atoms with van der Waals surface area (Å²) in [6, 6.07) is 10.9. The zero-order valence-electron chi connectivity index (χ0n) is 10.2. The van der Waals surface area contributed by atoms with E-state index in [1.165, 1.54) is 12.3 Å². The third-order valence-electron chi connectivity index (χ3n) is 2.76. The minimum atomic E-state index is -0.472. The van der Waals surface area contributed by atoms with Crippen molar-refractivity contribution in [2.24, 2.45) is 5.73 Å². The van der Waals surface area contributed by atoms with E-state index in [9.17, 15) is 10.1 Å². The molecule has 1 aromatic heterocycles. The van der Waals surface area contributed by atoms with Crippen LogP contribution in [0.2, 0.25) is 0 Å². The SMILES string of the molecule is NCc1ccccc1CNc1ccc([N+](=O)[O-])cn1. The summed E-state index contributed by atoms with van der Waals surface area (Å²) in [6.45, 7) is 1.06. The van der Waals surface area contributed by atoms with Crippen LogP contribution in [0.25, 0.3) is 0 Å². The lowest BCUT2D eigenvalue weighted by molar-refractivity contribution is -0.385. The number of nitrogens with two attached hydrogens (primary N) is 1. The number of pyridine rings is 1. The van der Waals surface area contributed by atoms with Gasteiger partial charge in [-0.15, -0.1) is 0 Å². The van der Waals surface area contributed by atoms with Crippen molar-refractivity contribution in [2.45, 2.75) is 13.1 Å². The Morgan fingerprint density at radius 3 is 2.53 bits per heavy atom. The quantitative estimate of drug-likeness (QED) is 0.632. The molecule has 6 heteroatoms. The Labute approximate surface area is 110 Å². The lowest BCUT2D eigenvalue weighted by atomic mass is 10.1. The first kappa shape index (κ1) is 13.0. The summed E-state index contributed by atoms with van der Waals surface area (Å²) in [5.74, 6) is 0.595. The molecule has 6 nitrogen and oxygen atoms in total. The van der Waals surface area contributed by atoms with Gasteiger partial charge in [0.25, 0.3) is 5.69 Å². The molecule has 0 aliphatic heterocycles. The zero-order valence-corrected chi connectivity index (χ0v) is 10.2. The summed E-state index contributed by atoms with van der Waals surface area (Å²) in [5, 5.41) is 13.6. The Bertz CT molecular complexity index is 569. The van der Waals surface area contributed by atoms with E-state index in [0.29, 0.717) is 18.9 Å². The fourth-order valence-corrected chi connectivity index (χ4v) is 1.71. The predicted molar refractivity (Wildman–Crippen MR) is 72.6 cm³/mol. The normalized spacial score (nSPS) is 10.2. The smallest absolute Gasteiger partial charge is 0.287 e. The van der Waals surface area contributed by atoms with E-state index in [1.807, 2.05) is 24.3 Å². The van der Waals surface area contributed by atoms with E-state index in [1.54, 1.807) is 6.07 Å². The van der Waals surface area contributed by atoms with Crippen LogP contribution in [0.4, 0.5) is 11.5 Å². The van der Waals surface area contributed by atoms with Crippen molar-refractivity contribution in [3.8, 4) is 0 Å². The average Bonchev–Trinajstić information content (AvgIpc) is 2.45. The topological polar surface area (TPSA) is 94.1 Å². The minimum absolute atomic E-state index is 0.0205. The second-order valence-electron chi connectivity index (χ2n) is 3.99. The summed E-state index contributed by atoms with van der Waals surface area (Å²) < 4.78 is 0. The average molecular weight is 258 g/mol. The van der Waals surface area contributed by atoms with E-state index in [2.05, 4.69) is 10.3 Å². The fraction of sp³-hybridized carbons (Fsp3) is 0.154. The van der Waals surface area contributed by atoms with E-state index >= 15 is 0 Å².